The molecular weight excluding hydrogens is 378 g/mol. The molecule has 6 nitrogen and oxygen atoms in total. The van der Waals surface area contributed by atoms with E-state index in [0.717, 1.165) is 38.4 Å². The molecule has 1 aromatic heterocycles. The maximum Gasteiger partial charge on any atom is 0.344 e. The lowest BCUT2D eigenvalue weighted by molar-refractivity contribution is 0.101. The third-order valence-corrected chi connectivity index (χ3v) is 6.09. The molecule has 0 saturated carbocycles. The second kappa shape index (κ2) is 7.67. The van der Waals surface area contributed by atoms with Crippen LogP contribution in [0.15, 0.2) is 30.5 Å². The molecule has 4 rings (SSSR count). The number of ketones is 1. The number of Topliss-reactive ketones (excluding diaryl/α,β-unsaturated/α-hetero) is 1. The van der Waals surface area contributed by atoms with Gasteiger partial charge in [-0.05, 0) is 55.0 Å². The number of likely N-dealkylation sites (tertiary alicyclic amines) is 2. The minimum absolute atomic E-state index is 0.136. The molecule has 1 spiro atoms. The van der Waals surface area contributed by atoms with E-state index in [2.05, 4.69) is 10.00 Å². The average Bonchev–Trinajstić information content (AvgIpc) is 3.29. The molecule has 0 radical (unpaired) electrons. The molecule has 0 N–H and O–H groups in total. The number of rotatable bonds is 3. The Bertz CT molecular complexity index is 914. The molecule has 0 bridgehead atoms. The number of benzene rings is 1. The number of aromatic nitrogens is 2. The zero-order valence-electron chi connectivity index (χ0n) is 16.4. The maximum atomic E-state index is 13.4. The maximum absolute atomic E-state index is 13.4. The van der Waals surface area contributed by atoms with Crippen molar-refractivity contribution in [2.75, 3.05) is 26.2 Å². The normalized spacial score (nSPS) is 19.1. The minimum atomic E-state index is -0.549. The van der Waals surface area contributed by atoms with Crippen LogP contribution in [-0.4, -0.2) is 57.6 Å². The second-order valence-corrected chi connectivity index (χ2v) is 8.21. The zero-order chi connectivity index (χ0) is 20.6. The number of hydrogen-bond donors (Lipinski definition) is 0. The van der Waals surface area contributed by atoms with Gasteiger partial charge in [0.2, 0.25) is 0 Å². The van der Waals surface area contributed by atoms with Gasteiger partial charge in [0.25, 0.3) is 0 Å². The Kier molecular flexibility index (Phi) is 5.21. The molecule has 2 aliphatic heterocycles. The van der Waals surface area contributed by atoms with Crippen molar-refractivity contribution in [3.05, 3.63) is 53.4 Å². The van der Waals surface area contributed by atoms with E-state index >= 15 is 0 Å². The minimum Gasteiger partial charge on any atom is -0.323 e. The second-order valence-electron chi connectivity index (χ2n) is 8.21. The molecule has 0 unspecified atom stereocenters. The van der Waals surface area contributed by atoms with Gasteiger partial charge in [0.1, 0.15) is 17.3 Å². The van der Waals surface area contributed by atoms with Crippen LogP contribution in [0.25, 0.3) is 0 Å². The quantitative estimate of drug-likeness (QED) is 0.739. The van der Waals surface area contributed by atoms with Crippen molar-refractivity contribution < 1.29 is 18.4 Å². The first-order valence-corrected chi connectivity index (χ1v) is 9.87. The lowest BCUT2D eigenvalue weighted by atomic mass is 9.78. The number of amides is 1. The van der Waals surface area contributed by atoms with Gasteiger partial charge in [-0.1, -0.05) is 0 Å². The molecule has 0 atom stereocenters. The summed E-state index contributed by atoms with van der Waals surface area (Å²) >= 11 is 0. The summed E-state index contributed by atoms with van der Waals surface area (Å²) in [6, 6.07) is 5.00. The number of piperidine rings is 1. The molecule has 154 valence electrons. The highest BCUT2D eigenvalue weighted by molar-refractivity contribution is 5.92. The highest BCUT2D eigenvalue weighted by atomic mass is 19.1. The fraction of sp³-hybridized carbons (Fsp3) is 0.476. The van der Waals surface area contributed by atoms with Gasteiger partial charge in [0.05, 0.1) is 0 Å². The molecule has 0 aliphatic carbocycles. The van der Waals surface area contributed by atoms with E-state index < -0.39 is 11.6 Å². The molecule has 2 saturated heterocycles. The molecule has 8 heteroatoms. The Balaban J connectivity index is 1.34. The Hall–Kier alpha value is -2.61. The van der Waals surface area contributed by atoms with Crippen molar-refractivity contribution in [2.24, 2.45) is 5.41 Å². The summed E-state index contributed by atoms with van der Waals surface area (Å²) in [7, 11) is 0. The fourth-order valence-electron chi connectivity index (χ4n) is 4.47. The summed E-state index contributed by atoms with van der Waals surface area (Å²) in [5.74, 6) is -1.27. The van der Waals surface area contributed by atoms with Gasteiger partial charge < -0.3 is 4.90 Å². The largest absolute Gasteiger partial charge is 0.344 e. The van der Waals surface area contributed by atoms with Crippen LogP contribution >= 0.6 is 0 Å². The first kappa shape index (κ1) is 19.7. The Morgan fingerprint density at radius 3 is 2.34 bits per heavy atom. The average molecular weight is 402 g/mol. The molecule has 2 aliphatic rings. The third kappa shape index (κ3) is 4.22. The van der Waals surface area contributed by atoms with Crippen LogP contribution in [0.4, 0.5) is 13.6 Å². The lowest BCUT2D eigenvalue weighted by Crippen LogP contribution is -2.45. The van der Waals surface area contributed by atoms with Gasteiger partial charge >= 0.3 is 6.03 Å². The summed E-state index contributed by atoms with van der Waals surface area (Å²) in [6.07, 6.45) is 4.31. The van der Waals surface area contributed by atoms with E-state index in [1.54, 1.807) is 11.0 Å². The van der Waals surface area contributed by atoms with Crippen molar-refractivity contribution in [3.8, 4) is 0 Å². The van der Waals surface area contributed by atoms with Gasteiger partial charge in [-0.25, -0.2) is 13.6 Å². The SMILES string of the molecule is CC(=O)c1ccn(C(=O)N2CCC3(CCN(Cc4cc(F)cc(F)c4)C3)CC2)n1. The molecule has 3 heterocycles. The van der Waals surface area contributed by atoms with Gasteiger partial charge in [-0.2, -0.15) is 9.78 Å². The smallest absolute Gasteiger partial charge is 0.323 e. The number of carbonyl (C=O) groups is 2. The van der Waals surface area contributed by atoms with E-state index in [1.807, 2.05) is 0 Å². The number of halogens is 2. The van der Waals surface area contributed by atoms with E-state index in [0.29, 0.717) is 25.2 Å². The predicted octanol–water partition coefficient (Wildman–Crippen LogP) is 3.32. The van der Waals surface area contributed by atoms with Crippen molar-refractivity contribution in [3.63, 3.8) is 0 Å². The van der Waals surface area contributed by atoms with Gasteiger partial charge in [0, 0.05) is 45.4 Å². The molecule has 2 aromatic rings. The van der Waals surface area contributed by atoms with Crippen LogP contribution in [0.1, 0.15) is 42.2 Å². The Morgan fingerprint density at radius 1 is 1.07 bits per heavy atom. The van der Waals surface area contributed by atoms with Gasteiger partial charge in [-0.15, -0.1) is 0 Å². The van der Waals surface area contributed by atoms with E-state index in [4.69, 9.17) is 0 Å². The zero-order valence-corrected chi connectivity index (χ0v) is 16.4. The number of carbonyl (C=O) groups excluding carboxylic acids is 2. The van der Waals surface area contributed by atoms with Gasteiger partial charge in [0.15, 0.2) is 5.78 Å². The summed E-state index contributed by atoms with van der Waals surface area (Å²) < 4.78 is 28.1. The first-order valence-electron chi connectivity index (χ1n) is 9.87. The Labute approximate surface area is 168 Å². The monoisotopic (exact) mass is 402 g/mol. The number of nitrogens with zero attached hydrogens (tertiary/aromatic N) is 4. The summed E-state index contributed by atoms with van der Waals surface area (Å²) in [6.45, 7) is 4.97. The van der Waals surface area contributed by atoms with E-state index in [1.165, 1.54) is 29.9 Å². The van der Waals surface area contributed by atoms with Crippen LogP contribution in [0.2, 0.25) is 0 Å². The Morgan fingerprint density at radius 2 is 1.72 bits per heavy atom. The standard InChI is InChI=1S/C21H24F2N4O2/c1-15(28)19-2-6-27(24-19)20(29)26-8-4-21(5-9-26)3-7-25(14-21)13-16-10-17(22)12-18(23)11-16/h2,6,10-12H,3-5,7-9,13-14H2,1H3. The number of hydrogen-bond acceptors (Lipinski definition) is 4. The third-order valence-electron chi connectivity index (χ3n) is 6.09. The summed E-state index contributed by atoms with van der Waals surface area (Å²) in [5.41, 5.74) is 1.07. The van der Waals surface area contributed by atoms with Gasteiger partial charge in [-0.3, -0.25) is 9.69 Å². The predicted molar refractivity (Wildman–Crippen MR) is 103 cm³/mol. The molecule has 2 fully saturated rings. The van der Waals surface area contributed by atoms with Crippen LogP contribution in [0, 0.1) is 17.0 Å². The highest BCUT2D eigenvalue weighted by Crippen LogP contribution is 2.41. The topological polar surface area (TPSA) is 58.4 Å². The molecule has 1 amide bonds. The van der Waals surface area contributed by atoms with Crippen molar-refractivity contribution >= 4 is 11.8 Å². The van der Waals surface area contributed by atoms with Crippen molar-refractivity contribution in [2.45, 2.75) is 32.7 Å². The molecule has 29 heavy (non-hydrogen) atoms. The summed E-state index contributed by atoms with van der Waals surface area (Å²) in [4.78, 5) is 28.0. The van der Waals surface area contributed by atoms with Crippen molar-refractivity contribution in [1.82, 2.24) is 19.6 Å². The van der Waals surface area contributed by atoms with Crippen molar-refractivity contribution in [1.29, 1.82) is 0 Å². The van der Waals surface area contributed by atoms with E-state index in [9.17, 15) is 18.4 Å². The van der Waals surface area contributed by atoms with Crippen LogP contribution in [-0.2, 0) is 6.54 Å². The van der Waals surface area contributed by atoms with E-state index in [-0.39, 0.29) is 22.9 Å². The molecule has 1 aromatic carbocycles. The fourth-order valence-corrected chi connectivity index (χ4v) is 4.47. The van der Waals surface area contributed by atoms with Crippen LogP contribution in [0.5, 0.6) is 0 Å². The van der Waals surface area contributed by atoms with Crippen LogP contribution < -0.4 is 0 Å². The van der Waals surface area contributed by atoms with Crippen LogP contribution in [0.3, 0.4) is 0 Å². The highest BCUT2D eigenvalue weighted by Gasteiger charge is 2.41. The summed E-state index contributed by atoms with van der Waals surface area (Å²) in [5, 5.41) is 4.05. The lowest BCUT2D eigenvalue weighted by Gasteiger charge is -2.39. The molecular formula is C21H24F2N4O2. The first-order chi connectivity index (χ1) is 13.8.